The third kappa shape index (κ3) is 9.50. The number of amides is 3. The van der Waals surface area contributed by atoms with Crippen molar-refractivity contribution in [2.75, 3.05) is 12.3 Å². The third-order valence-corrected chi connectivity index (χ3v) is 4.80. The minimum atomic E-state index is -0.956. The van der Waals surface area contributed by atoms with Gasteiger partial charge >= 0.3 is 6.09 Å². The van der Waals surface area contributed by atoms with Crippen molar-refractivity contribution in [2.45, 2.75) is 78.1 Å². The molecule has 0 heterocycles. The molecule has 33 heavy (non-hydrogen) atoms. The summed E-state index contributed by atoms with van der Waals surface area (Å²) >= 11 is 4.28. The van der Waals surface area contributed by atoms with Crippen LogP contribution in [0.25, 0.3) is 6.08 Å². The first kappa shape index (κ1) is 28.6. The fraction of sp³-hybridized carbons (Fsp3) is 0.560. The molecule has 3 amide bonds. The Kier molecular flexibility index (Phi) is 10.5. The Labute approximate surface area is 203 Å². The first-order chi connectivity index (χ1) is 15.2. The van der Waals surface area contributed by atoms with Crippen LogP contribution in [0.2, 0.25) is 0 Å². The van der Waals surface area contributed by atoms with E-state index < -0.39 is 35.2 Å². The molecule has 8 heteroatoms. The summed E-state index contributed by atoms with van der Waals surface area (Å²) < 4.78 is 5.30. The molecule has 0 aliphatic heterocycles. The van der Waals surface area contributed by atoms with Gasteiger partial charge in [-0.05, 0) is 65.2 Å². The normalized spacial score (nSPS) is 13.5. The summed E-state index contributed by atoms with van der Waals surface area (Å²) in [5.74, 6) is -0.657. The molecule has 2 N–H and O–H groups in total. The van der Waals surface area contributed by atoms with Crippen molar-refractivity contribution in [3.63, 3.8) is 0 Å². The van der Waals surface area contributed by atoms with Gasteiger partial charge in [0, 0.05) is 17.8 Å². The fourth-order valence-corrected chi connectivity index (χ4v) is 3.46. The van der Waals surface area contributed by atoms with Gasteiger partial charge in [0.1, 0.15) is 17.7 Å². The molecular formula is C25H39N3O4S. The highest BCUT2D eigenvalue weighted by molar-refractivity contribution is 7.80. The second-order valence-corrected chi connectivity index (χ2v) is 10.3. The molecule has 0 bridgehead atoms. The zero-order valence-electron chi connectivity index (χ0n) is 20.9. The van der Waals surface area contributed by atoms with Crippen molar-refractivity contribution in [3.05, 3.63) is 42.0 Å². The molecule has 1 rings (SSSR count). The summed E-state index contributed by atoms with van der Waals surface area (Å²) in [7, 11) is 0. The lowest BCUT2D eigenvalue weighted by Gasteiger charge is -2.35. The molecule has 1 aromatic carbocycles. The number of hydrogen-bond donors (Lipinski definition) is 3. The van der Waals surface area contributed by atoms with Crippen molar-refractivity contribution in [3.8, 4) is 0 Å². The minimum Gasteiger partial charge on any atom is -0.444 e. The molecule has 0 saturated heterocycles. The van der Waals surface area contributed by atoms with Gasteiger partial charge in [-0.3, -0.25) is 9.59 Å². The molecule has 2 unspecified atom stereocenters. The van der Waals surface area contributed by atoms with E-state index in [1.807, 2.05) is 52.0 Å². The summed E-state index contributed by atoms with van der Waals surface area (Å²) in [4.78, 5) is 40.9. The number of carbonyl (C=O) groups excluding carboxylic acids is 3. The number of carbonyl (C=O) groups is 3. The van der Waals surface area contributed by atoms with Crippen LogP contribution in [0.4, 0.5) is 4.79 Å². The van der Waals surface area contributed by atoms with E-state index >= 15 is 0 Å². The monoisotopic (exact) mass is 477 g/mol. The van der Waals surface area contributed by atoms with Crippen LogP contribution < -0.4 is 10.6 Å². The summed E-state index contributed by atoms with van der Waals surface area (Å²) in [6.07, 6.45) is 1.60. The molecule has 0 saturated carbocycles. The van der Waals surface area contributed by atoms with Crippen LogP contribution >= 0.6 is 12.6 Å². The maximum atomic E-state index is 13.6. The Morgan fingerprint density at radius 2 is 1.82 bits per heavy atom. The van der Waals surface area contributed by atoms with Gasteiger partial charge in [0.05, 0.1) is 0 Å². The summed E-state index contributed by atoms with van der Waals surface area (Å²) in [5, 5.41) is 5.59. The first-order valence-corrected chi connectivity index (χ1v) is 11.8. The SMILES string of the molecule is C=Cc1cccc(C(C(=O)NC(C)(C)C)N(CCC)C(=O)C(CS)NC(=O)OC(C)(C)C)c1. The summed E-state index contributed by atoms with van der Waals surface area (Å²) in [6.45, 7) is 16.9. The molecule has 0 aliphatic rings. The van der Waals surface area contributed by atoms with Crippen molar-refractivity contribution < 1.29 is 19.1 Å². The van der Waals surface area contributed by atoms with E-state index in [4.69, 9.17) is 4.74 Å². The van der Waals surface area contributed by atoms with Crippen molar-refractivity contribution in [1.29, 1.82) is 0 Å². The van der Waals surface area contributed by atoms with Crippen LogP contribution in [-0.4, -0.2) is 52.3 Å². The molecule has 0 aliphatic carbocycles. The van der Waals surface area contributed by atoms with Gasteiger partial charge < -0.3 is 20.3 Å². The standard InChI is InChI=1S/C25H39N3O4S/c1-9-14-28(22(30)19(16-33)26-23(31)32-25(6,7)8)20(21(29)27-24(3,4)5)18-13-11-12-17(10-2)15-18/h10-13,15,19-20,33H,2,9,14,16H2,1,3-8H3,(H,26,31)(H,27,29). The predicted octanol–water partition coefficient (Wildman–Crippen LogP) is 4.35. The molecule has 0 fully saturated rings. The molecule has 2 atom stereocenters. The number of alkyl carbamates (subject to hydrolysis) is 1. The molecule has 184 valence electrons. The lowest BCUT2D eigenvalue weighted by Crippen LogP contribution is -2.55. The Morgan fingerprint density at radius 1 is 1.18 bits per heavy atom. The van der Waals surface area contributed by atoms with Crippen LogP contribution in [-0.2, 0) is 14.3 Å². The Balaban J connectivity index is 3.40. The van der Waals surface area contributed by atoms with Gasteiger partial charge in [-0.25, -0.2) is 4.79 Å². The van der Waals surface area contributed by atoms with Crippen LogP contribution in [0.5, 0.6) is 0 Å². The summed E-state index contributed by atoms with van der Waals surface area (Å²) in [5.41, 5.74) is 0.288. The lowest BCUT2D eigenvalue weighted by molar-refractivity contribution is -0.142. The van der Waals surface area contributed by atoms with Crippen LogP contribution in [0.15, 0.2) is 30.8 Å². The molecule has 0 spiro atoms. The van der Waals surface area contributed by atoms with Gasteiger partial charge in [0.2, 0.25) is 11.8 Å². The predicted molar refractivity (Wildman–Crippen MR) is 136 cm³/mol. The van der Waals surface area contributed by atoms with E-state index in [-0.39, 0.29) is 11.7 Å². The Bertz CT molecular complexity index is 843. The maximum absolute atomic E-state index is 13.6. The van der Waals surface area contributed by atoms with E-state index in [2.05, 4.69) is 29.8 Å². The second-order valence-electron chi connectivity index (χ2n) is 9.93. The summed E-state index contributed by atoms with van der Waals surface area (Å²) in [6, 6.07) is 5.51. The lowest BCUT2D eigenvalue weighted by atomic mass is 9.99. The Hall–Kier alpha value is -2.48. The highest BCUT2D eigenvalue weighted by Gasteiger charge is 2.36. The van der Waals surface area contributed by atoms with Gasteiger partial charge in [0.25, 0.3) is 0 Å². The average molecular weight is 478 g/mol. The third-order valence-electron chi connectivity index (χ3n) is 4.44. The highest BCUT2D eigenvalue weighted by Crippen LogP contribution is 2.25. The van der Waals surface area contributed by atoms with Crippen LogP contribution in [0.3, 0.4) is 0 Å². The largest absolute Gasteiger partial charge is 0.444 e. The number of rotatable bonds is 9. The molecule has 0 radical (unpaired) electrons. The van der Waals surface area contributed by atoms with E-state index in [1.165, 1.54) is 4.90 Å². The number of nitrogens with one attached hydrogen (secondary N) is 2. The van der Waals surface area contributed by atoms with E-state index in [0.29, 0.717) is 18.5 Å². The average Bonchev–Trinajstić information content (AvgIpc) is 2.68. The highest BCUT2D eigenvalue weighted by atomic mass is 32.1. The van der Waals surface area contributed by atoms with Gasteiger partial charge in [-0.2, -0.15) is 12.6 Å². The second kappa shape index (κ2) is 12.1. The topological polar surface area (TPSA) is 87.7 Å². The maximum Gasteiger partial charge on any atom is 0.408 e. The van der Waals surface area contributed by atoms with Crippen molar-refractivity contribution >= 4 is 36.6 Å². The number of benzene rings is 1. The zero-order chi connectivity index (χ0) is 25.4. The van der Waals surface area contributed by atoms with Gasteiger partial charge in [0.15, 0.2) is 0 Å². The Morgan fingerprint density at radius 3 is 2.30 bits per heavy atom. The van der Waals surface area contributed by atoms with Crippen LogP contribution in [0, 0.1) is 0 Å². The number of thiol groups is 1. The molecule has 0 aromatic heterocycles. The first-order valence-electron chi connectivity index (χ1n) is 11.2. The zero-order valence-corrected chi connectivity index (χ0v) is 21.8. The number of hydrogen-bond acceptors (Lipinski definition) is 5. The van der Waals surface area contributed by atoms with Crippen molar-refractivity contribution in [1.82, 2.24) is 15.5 Å². The van der Waals surface area contributed by atoms with E-state index in [9.17, 15) is 14.4 Å². The van der Waals surface area contributed by atoms with Gasteiger partial charge in [-0.1, -0.05) is 37.8 Å². The minimum absolute atomic E-state index is 0.0542. The smallest absolute Gasteiger partial charge is 0.408 e. The van der Waals surface area contributed by atoms with Gasteiger partial charge in [-0.15, -0.1) is 0 Å². The van der Waals surface area contributed by atoms with E-state index in [1.54, 1.807) is 26.8 Å². The van der Waals surface area contributed by atoms with E-state index in [0.717, 1.165) is 5.56 Å². The molecule has 7 nitrogen and oxygen atoms in total. The molecule has 1 aromatic rings. The number of ether oxygens (including phenoxy) is 1. The number of nitrogens with zero attached hydrogens (tertiary/aromatic N) is 1. The van der Waals surface area contributed by atoms with Crippen LogP contribution in [0.1, 0.15) is 72.1 Å². The quantitative estimate of drug-likeness (QED) is 0.462. The fourth-order valence-electron chi connectivity index (χ4n) is 3.21. The molecular weight excluding hydrogens is 438 g/mol. The van der Waals surface area contributed by atoms with Crippen molar-refractivity contribution in [2.24, 2.45) is 0 Å².